The fraction of sp³-hybridized carbons (Fsp3) is 0.579. The van der Waals surface area contributed by atoms with Crippen LogP contribution < -0.4 is 5.32 Å². The van der Waals surface area contributed by atoms with Crippen molar-refractivity contribution >= 4 is 10.9 Å². The van der Waals surface area contributed by atoms with Gasteiger partial charge in [-0.3, -0.25) is 0 Å². The molecule has 1 aliphatic carbocycles. The first-order chi connectivity index (χ1) is 10.3. The highest BCUT2D eigenvalue weighted by molar-refractivity contribution is 5.84. The van der Waals surface area contributed by atoms with Crippen LogP contribution in [0, 0.1) is 5.92 Å². The molecule has 0 saturated heterocycles. The SMILES string of the molecule is CCCC(C)Cn1cc(CCNC2CC2)c2ccccc21. The van der Waals surface area contributed by atoms with Crippen LogP contribution in [0.1, 0.15) is 45.1 Å². The summed E-state index contributed by atoms with van der Waals surface area (Å²) in [5, 5.41) is 5.07. The summed E-state index contributed by atoms with van der Waals surface area (Å²) >= 11 is 0. The van der Waals surface area contributed by atoms with Crippen molar-refractivity contribution in [2.45, 2.75) is 58.5 Å². The van der Waals surface area contributed by atoms with E-state index in [1.165, 1.54) is 42.1 Å². The maximum Gasteiger partial charge on any atom is 0.0483 e. The summed E-state index contributed by atoms with van der Waals surface area (Å²) in [4.78, 5) is 0. The van der Waals surface area contributed by atoms with Crippen LogP contribution in [0.15, 0.2) is 30.5 Å². The molecule has 1 aliphatic rings. The molecule has 114 valence electrons. The lowest BCUT2D eigenvalue weighted by Crippen LogP contribution is -2.19. The second-order valence-electron chi connectivity index (χ2n) is 6.70. The average Bonchev–Trinajstić information content (AvgIpc) is 3.24. The van der Waals surface area contributed by atoms with Crippen LogP contribution in [0.3, 0.4) is 0 Å². The van der Waals surface area contributed by atoms with E-state index in [-0.39, 0.29) is 0 Å². The zero-order chi connectivity index (χ0) is 14.7. The zero-order valence-corrected chi connectivity index (χ0v) is 13.4. The van der Waals surface area contributed by atoms with Gasteiger partial charge in [0.15, 0.2) is 0 Å². The van der Waals surface area contributed by atoms with Crippen LogP contribution in [0.25, 0.3) is 10.9 Å². The van der Waals surface area contributed by atoms with Crippen molar-refractivity contribution in [2.75, 3.05) is 6.54 Å². The lowest BCUT2D eigenvalue weighted by molar-refractivity contribution is 0.453. The second-order valence-corrected chi connectivity index (χ2v) is 6.70. The van der Waals surface area contributed by atoms with Crippen molar-refractivity contribution in [2.24, 2.45) is 5.92 Å². The van der Waals surface area contributed by atoms with Crippen LogP contribution in [0.5, 0.6) is 0 Å². The fourth-order valence-electron chi connectivity index (χ4n) is 3.29. The first-order valence-corrected chi connectivity index (χ1v) is 8.58. The Morgan fingerprint density at radius 1 is 1.29 bits per heavy atom. The molecule has 1 heterocycles. The van der Waals surface area contributed by atoms with E-state index in [4.69, 9.17) is 0 Å². The molecule has 2 aromatic rings. The minimum Gasteiger partial charge on any atom is -0.347 e. The van der Waals surface area contributed by atoms with Crippen molar-refractivity contribution in [1.82, 2.24) is 9.88 Å². The topological polar surface area (TPSA) is 17.0 Å². The van der Waals surface area contributed by atoms with E-state index in [2.05, 4.69) is 54.2 Å². The number of hydrogen-bond acceptors (Lipinski definition) is 1. The fourth-order valence-corrected chi connectivity index (χ4v) is 3.29. The highest BCUT2D eigenvalue weighted by atomic mass is 15.0. The molecule has 2 heteroatoms. The number of rotatable bonds is 8. The molecule has 2 nitrogen and oxygen atoms in total. The van der Waals surface area contributed by atoms with Crippen molar-refractivity contribution < 1.29 is 0 Å². The number of para-hydroxylation sites is 1. The highest BCUT2D eigenvalue weighted by Gasteiger charge is 2.20. The maximum absolute atomic E-state index is 3.63. The molecule has 1 N–H and O–H groups in total. The highest BCUT2D eigenvalue weighted by Crippen LogP contribution is 2.24. The largest absolute Gasteiger partial charge is 0.347 e. The van der Waals surface area contributed by atoms with Gasteiger partial charge < -0.3 is 9.88 Å². The number of hydrogen-bond donors (Lipinski definition) is 1. The predicted molar refractivity (Wildman–Crippen MR) is 90.7 cm³/mol. The molecular formula is C19H28N2. The van der Waals surface area contributed by atoms with Gasteiger partial charge in [-0.1, -0.05) is 38.5 Å². The number of nitrogens with zero attached hydrogens (tertiary/aromatic N) is 1. The van der Waals surface area contributed by atoms with Crippen LogP contribution in [-0.4, -0.2) is 17.2 Å². The molecule has 0 spiro atoms. The van der Waals surface area contributed by atoms with E-state index >= 15 is 0 Å². The Bertz CT molecular complexity index is 580. The molecule has 1 atom stereocenters. The van der Waals surface area contributed by atoms with Gasteiger partial charge in [0.25, 0.3) is 0 Å². The Hall–Kier alpha value is -1.28. The summed E-state index contributed by atoms with van der Waals surface area (Å²) in [6.07, 6.45) is 8.87. The molecule has 1 fully saturated rings. The Morgan fingerprint density at radius 3 is 2.86 bits per heavy atom. The lowest BCUT2D eigenvalue weighted by atomic mass is 10.1. The van der Waals surface area contributed by atoms with Gasteiger partial charge in [0.05, 0.1) is 0 Å². The number of nitrogens with one attached hydrogen (secondary N) is 1. The summed E-state index contributed by atoms with van der Waals surface area (Å²) in [5.74, 6) is 0.753. The molecule has 0 bridgehead atoms. The Kier molecular flexibility index (Phi) is 4.64. The van der Waals surface area contributed by atoms with Gasteiger partial charge in [-0.05, 0) is 49.8 Å². The van der Waals surface area contributed by atoms with Gasteiger partial charge in [-0.2, -0.15) is 0 Å². The molecule has 1 saturated carbocycles. The van der Waals surface area contributed by atoms with E-state index in [1.54, 1.807) is 0 Å². The minimum absolute atomic E-state index is 0.753. The number of fused-ring (bicyclic) bond motifs is 1. The summed E-state index contributed by atoms with van der Waals surface area (Å²) in [6.45, 7) is 6.90. The van der Waals surface area contributed by atoms with Crippen LogP contribution >= 0.6 is 0 Å². The second kappa shape index (κ2) is 6.65. The molecule has 1 unspecified atom stereocenters. The summed E-state index contributed by atoms with van der Waals surface area (Å²) in [6, 6.07) is 9.69. The predicted octanol–water partition coefficient (Wildman–Crippen LogP) is 4.37. The quantitative estimate of drug-likeness (QED) is 0.761. The van der Waals surface area contributed by atoms with Crippen LogP contribution in [-0.2, 0) is 13.0 Å². The standard InChI is InChI=1S/C19H28N2/c1-3-6-15(2)13-21-14-16(11-12-20-17-9-10-17)18-7-4-5-8-19(18)21/h4-5,7-8,14-15,17,20H,3,6,9-13H2,1-2H3. The first-order valence-electron chi connectivity index (χ1n) is 8.58. The molecule has 0 aliphatic heterocycles. The Labute approximate surface area is 128 Å². The third-order valence-electron chi connectivity index (χ3n) is 4.57. The van der Waals surface area contributed by atoms with Gasteiger partial charge in [0.2, 0.25) is 0 Å². The van der Waals surface area contributed by atoms with E-state index in [1.807, 2.05) is 0 Å². The first kappa shape index (κ1) is 14.6. The molecule has 3 rings (SSSR count). The van der Waals surface area contributed by atoms with Gasteiger partial charge in [0, 0.05) is 29.7 Å². The van der Waals surface area contributed by atoms with E-state index in [9.17, 15) is 0 Å². The van der Waals surface area contributed by atoms with Crippen LogP contribution in [0.4, 0.5) is 0 Å². The summed E-state index contributed by atoms with van der Waals surface area (Å²) in [5.41, 5.74) is 2.91. The van der Waals surface area contributed by atoms with Gasteiger partial charge in [-0.25, -0.2) is 0 Å². The summed E-state index contributed by atoms with van der Waals surface area (Å²) < 4.78 is 2.47. The Balaban J connectivity index is 1.75. The van der Waals surface area contributed by atoms with Crippen molar-refractivity contribution in [3.63, 3.8) is 0 Å². The molecule has 1 aromatic carbocycles. The lowest BCUT2D eigenvalue weighted by Gasteiger charge is -2.12. The average molecular weight is 284 g/mol. The Morgan fingerprint density at radius 2 is 2.10 bits per heavy atom. The van der Waals surface area contributed by atoms with E-state index < -0.39 is 0 Å². The van der Waals surface area contributed by atoms with Crippen molar-refractivity contribution in [3.8, 4) is 0 Å². The molecule has 1 aromatic heterocycles. The van der Waals surface area contributed by atoms with Crippen molar-refractivity contribution in [1.29, 1.82) is 0 Å². The minimum atomic E-state index is 0.753. The smallest absolute Gasteiger partial charge is 0.0483 e. The maximum atomic E-state index is 3.63. The van der Waals surface area contributed by atoms with Gasteiger partial charge in [-0.15, -0.1) is 0 Å². The van der Waals surface area contributed by atoms with E-state index in [0.29, 0.717) is 0 Å². The van der Waals surface area contributed by atoms with Crippen molar-refractivity contribution in [3.05, 3.63) is 36.0 Å². The zero-order valence-electron chi connectivity index (χ0n) is 13.4. The number of aromatic nitrogens is 1. The molecule has 0 radical (unpaired) electrons. The molecule has 21 heavy (non-hydrogen) atoms. The summed E-state index contributed by atoms with van der Waals surface area (Å²) in [7, 11) is 0. The molecular weight excluding hydrogens is 256 g/mol. The number of benzene rings is 1. The van der Waals surface area contributed by atoms with Gasteiger partial charge in [0.1, 0.15) is 0 Å². The normalized spacial score (nSPS) is 16.5. The van der Waals surface area contributed by atoms with Gasteiger partial charge >= 0.3 is 0 Å². The monoisotopic (exact) mass is 284 g/mol. The van der Waals surface area contributed by atoms with E-state index in [0.717, 1.165) is 31.5 Å². The third kappa shape index (κ3) is 3.68. The van der Waals surface area contributed by atoms with Crippen LogP contribution in [0.2, 0.25) is 0 Å². The third-order valence-corrected chi connectivity index (χ3v) is 4.57. The molecule has 0 amide bonds.